The number of nitro groups is 1. The molecule has 0 unspecified atom stereocenters. The number of aryl methyl sites for hydroxylation is 1. The Morgan fingerprint density at radius 3 is 2.71 bits per heavy atom. The molecular formula is C15H14ClFN2O2. The minimum Gasteiger partial charge on any atom is -0.379 e. The van der Waals surface area contributed by atoms with E-state index in [0.717, 1.165) is 23.3 Å². The van der Waals surface area contributed by atoms with Gasteiger partial charge < -0.3 is 5.32 Å². The minimum absolute atomic E-state index is 0.135. The quantitative estimate of drug-likeness (QED) is 0.660. The molecule has 0 radical (unpaired) electrons. The van der Waals surface area contributed by atoms with E-state index in [4.69, 9.17) is 11.6 Å². The van der Waals surface area contributed by atoms with Crippen LogP contribution < -0.4 is 5.32 Å². The van der Waals surface area contributed by atoms with E-state index in [-0.39, 0.29) is 16.4 Å². The van der Waals surface area contributed by atoms with Gasteiger partial charge in [0.15, 0.2) is 0 Å². The molecule has 0 aliphatic heterocycles. The van der Waals surface area contributed by atoms with Crippen LogP contribution in [0.25, 0.3) is 0 Å². The van der Waals surface area contributed by atoms with E-state index < -0.39 is 10.7 Å². The Morgan fingerprint density at radius 1 is 1.33 bits per heavy atom. The fraction of sp³-hybridized carbons (Fsp3) is 0.200. The number of nitrogens with zero attached hydrogens (tertiary/aromatic N) is 1. The monoisotopic (exact) mass is 308 g/mol. The number of nitro benzene ring substituents is 1. The van der Waals surface area contributed by atoms with Crippen LogP contribution in [0.3, 0.4) is 0 Å². The molecule has 0 atom stereocenters. The molecular weight excluding hydrogens is 295 g/mol. The van der Waals surface area contributed by atoms with Crippen LogP contribution in [-0.4, -0.2) is 11.5 Å². The number of benzene rings is 2. The first-order valence-electron chi connectivity index (χ1n) is 6.41. The minimum atomic E-state index is -0.680. The van der Waals surface area contributed by atoms with E-state index in [1.54, 1.807) is 0 Å². The van der Waals surface area contributed by atoms with Gasteiger partial charge in [0.2, 0.25) is 0 Å². The molecule has 0 bridgehead atoms. The lowest BCUT2D eigenvalue weighted by atomic mass is 10.1. The molecule has 0 fully saturated rings. The van der Waals surface area contributed by atoms with Crippen LogP contribution in [0, 0.1) is 22.9 Å². The van der Waals surface area contributed by atoms with Gasteiger partial charge in [-0.2, -0.15) is 0 Å². The van der Waals surface area contributed by atoms with Crippen molar-refractivity contribution >= 4 is 23.0 Å². The molecule has 21 heavy (non-hydrogen) atoms. The number of rotatable bonds is 5. The Bertz CT molecular complexity index is 677. The summed E-state index contributed by atoms with van der Waals surface area (Å²) in [5.74, 6) is -0.680. The summed E-state index contributed by atoms with van der Waals surface area (Å²) in [6, 6.07) is 9.96. The third kappa shape index (κ3) is 3.70. The average Bonchev–Trinajstić information content (AvgIpc) is 2.44. The first kappa shape index (κ1) is 15.3. The smallest absolute Gasteiger partial charge is 0.294 e. The van der Waals surface area contributed by atoms with Gasteiger partial charge in [-0.05, 0) is 24.5 Å². The Labute approximate surface area is 126 Å². The van der Waals surface area contributed by atoms with E-state index in [0.29, 0.717) is 13.0 Å². The van der Waals surface area contributed by atoms with E-state index in [1.165, 1.54) is 0 Å². The van der Waals surface area contributed by atoms with Gasteiger partial charge in [-0.3, -0.25) is 10.1 Å². The Hall–Kier alpha value is -2.14. The van der Waals surface area contributed by atoms with Crippen LogP contribution in [-0.2, 0) is 6.42 Å². The topological polar surface area (TPSA) is 55.2 Å². The molecule has 2 rings (SSSR count). The molecule has 0 amide bonds. The third-order valence-electron chi connectivity index (χ3n) is 3.21. The zero-order chi connectivity index (χ0) is 15.4. The summed E-state index contributed by atoms with van der Waals surface area (Å²) in [6.45, 7) is 2.46. The summed E-state index contributed by atoms with van der Waals surface area (Å²) >= 11 is 5.57. The van der Waals surface area contributed by atoms with Crippen molar-refractivity contribution in [2.45, 2.75) is 13.3 Å². The molecule has 1 N–H and O–H groups in total. The average molecular weight is 309 g/mol. The van der Waals surface area contributed by atoms with Crippen molar-refractivity contribution in [2.24, 2.45) is 0 Å². The predicted octanol–water partition coefficient (Wildman–Crippen LogP) is 4.35. The summed E-state index contributed by atoms with van der Waals surface area (Å²) in [4.78, 5) is 10.4. The molecule has 0 saturated heterocycles. The lowest BCUT2D eigenvalue weighted by Crippen LogP contribution is -2.08. The van der Waals surface area contributed by atoms with Crippen molar-refractivity contribution in [1.82, 2.24) is 0 Å². The van der Waals surface area contributed by atoms with E-state index in [2.05, 4.69) is 5.32 Å². The second-order valence-electron chi connectivity index (χ2n) is 4.64. The van der Waals surface area contributed by atoms with Crippen LogP contribution in [0.1, 0.15) is 11.1 Å². The molecule has 0 aliphatic carbocycles. The maximum Gasteiger partial charge on any atom is 0.294 e. The van der Waals surface area contributed by atoms with Crippen molar-refractivity contribution in [3.63, 3.8) is 0 Å². The van der Waals surface area contributed by atoms with Gasteiger partial charge in [0.05, 0.1) is 9.95 Å². The summed E-state index contributed by atoms with van der Waals surface area (Å²) in [7, 11) is 0. The lowest BCUT2D eigenvalue weighted by Gasteiger charge is -2.09. The maximum absolute atomic E-state index is 13.4. The molecule has 6 heteroatoms. The Morgan fingerprint density at radius 2 is 2.05 bits per heavy atom. The second-order valence-corrected chi connectivity index (χ2v) is 5.05. The number of halogens is 2. The molecule has 2 aromatic rings. The second kappa shape index (κ2) is 6.54. The molecule has 4 nitrogen and oxygen atoms in total. The number of nitrogens with one attached hydrogen (secondary N) is 1. The van der Waals surface area contributed by atoms with Crippen LogP contribution in [0.2, 0.25) is 5.02 Å². The SMILES string of the molecule is Cc1ccccc1CCNc1cc(F)c(Cl)cc1[N+](=O)[O-]. The summed E-state index contributed by atoms with van der Waals surface area (Å²) in [6.07, 6.45) is 0.689. The van der Waals surface area contributed by atoms with Gasteiger partial charge in [-0.25, -0.2) is 4.39 Å². The third-order valence-corrected chi connectivity index (χ3v) is 3.50. The van der Waals surface area contributed by atoms with Crippen molar-refractivity contribution in [2.75, 3.05) is 11.9 Å². The zero-order valence-corrected chi connectivity index (χ0v) is 12.2. The first-order chi connectivity index (χ1) is 9.99. The van der Waals surface area contributed by atoms with Crippen LogP contribution in [0.5, 0.6) is 0 Å². The highest BCUT2D eigenvalue weighted by Gasteiger charge is 2.17. The van der Waals surface area contributed by atoms with Gasteiger partial charge in [0, 0.05) is 18.7 Å². The highest BCUT2D eigenvalue weighted by atomic mass is 35.5. The van der Waals surface area contributed by atoms with Crippen LogP contribution >= 0.6 is 11.6 Å². The predicted molar refractivity (Wildman–Crippen MR) is 81.4 cm³/mol. The fourth-order valence-corrected chi connectivity index (χ4v) is 2.21. The van der Waals surface area contributed by atoms with Crippen LogP contribution in [0.15, 0.2) is 36.4 Å². The fourth-order valence-electron chi connectivity index (χ4n) is 2.05. The van der Waals surface area contributed by atoms with Crippen molar-refractivity contribution < 1.29 is 9.31 Å². The van der Waals surface area contributed by atoms with E-state index in [9.17, 15) is 14.5 Å². The Kier molecular flexibility index (Phi) is 4.75. The highest BCUT2D eigenvalue weighted by molar-refractivity contribution is 6.31. The van der Waals surface area contributed by atoms with Gasteiger partial charge in [0.25, 0.3) is 5.69 Å². The molecule has 0 aliphatic rings. The van der Waals surface area contributed by atoms with Crippen molar-refractivity contribution in [3.05, 3.63) is 68.5 Å². The standard InChI is InChI=1S/C15H14ClFN2O2/c1-10-4-2-3-5-11(10)6-7-18-14-9-13(17)12(16)8-15(14)19(20)21/h2-5,8-9,18H,6-7H2,1H3. The lowest BCUT2D eigenvalue weighted by molar-refractivity contribution is -0.384. The molecule has 0 saturated carbocycles. The van der Waals surface area contributed by atoms with Gasteiger partial charge >= 0.3 is 0 Å². The van der Waals surface area contributed by atoms with Gasteiger partial charge in [-0.1, -0.05) is 35.9 Å². The highest BCUT2D eigenvalue weighted by Crippen LogP contribution is 2.30. The first-order valence-corrected chi connectivity index (χ1v) is 6.78. The number of hydrogen-bond donors (Lipinski definition) is 1. The van der Waals surface area contributed by atoms with Crippen molar-refractivity contribution in [1.29, 1.82) is 0 Å². The Balaban J connectivity index is 2.11. The normalized spacial score (nSPS) is 10.4. The summed E-state index contributed by atoms with van der Waals surface area (Å²) in [5.41, 5.74) is 2.19. The molecule has 2 aromatic carbocycles. The maximum atomic E-state index is 13.4. The van der Waals surface area contributed by atoms with E-state index >= 15 is 0 Å². The zero-order valence-electron chi connectivity index (χ0n) is 11.4. The van der Waals surface area contributed by atoms with Crippen LogP contribution in [0.4, 0.5) is 15.8 Å². The van der Waals surface area contributed by atoms with E-state index in [1.807, 2.05) is 31.2 Å². The molecule has 0 aromatic heterocycles. The number of hydrogen-bond acceptors (Lipinski definition) is 3. The molecule has 0 heterocycles. The number of anilines is 1. The summed E-state index contributed by atoms with van der Waals surface area (Å²) in [5, 5.41) is 13.6. The molecule has 0 spiro atoms. The van der Waals surface area contributed by atoms with Crippen molar-refractivity contribution in [3.8, 4) is 0 Å². The van der Waals surface area contributed by atoms with Gasteiger partial charge in [0.1, 0.15) is 11.5 Å². The van der Waals surface area contributed by atoms with Gasteiger partial charge in [-0.15, -0.1) is 0 Å². The molecule has 110 valence electrons. The summed E-state index contributed by atoms with van der Waals surface area (Å²) < 4.78 is 13.4. The largest absolute Gasteiger partial charge is 0.379 e.